The molecule has 1 atom stereocenters. The molecule has 0 bridgehead atoms. The molecule has 0 spiro atoms. The Morgan fingerprint density at radius 1 is 1.33 bits per heavy atom. The second-order valence-electron chi connectivity index (χ2n) is 4.13. The van der Waals surface area contributed by atoms with Gasteiger partial charge in [-0.05, 0) is 36.2 Å². The predicted molar refractivity (Wildman–Crippen MR) is 75.8 cm³/mol. The van der Waals surface area contributed by atoms with Crippen LogP contribution in [0.3, 0.4) is 0 Å². The van der Waals surface area contributed by atoms with Crippen molar-refractivity contribution < 1.29 is 0 Å². The van der Waals surface area contributed by atoms with Crippen LogP contribution in [0.5, 0.6) is 0 Å². The smallest absolute Gasteiger partial charge is 0.0651 e. The van der Waals surface area contributed by atoms with Gasteiger partial charge in [0.1, 0.15) is 0 Å². The number of rotatable bonds is 4. The maximum absolute atomic E-state index is 6.10. The van der Waals surface area contributed by atoms with Crippen LogP contribution in [0.4, 0.5) is 5.69 Å². The largest absolute Gasteiger partial charge is 0.377 e. The Morgan fingerprint density at radius 3 is 2.83 bits per heavy atom. The van der Waals surface area contributed by atoms with Crippen molar-refractivity contribution in [2.45, 2.75) is 13.0 Å². The van der Waals surface area contributed by atoms with Gasteiger partial charge in [0.15, 0.2) is 0 Å². The minimum Gasteiger partial charge on any atom is -0.377 e. The van der Waals surface area contributed by atoms with Crippen molar-refractivity contribution in [1.29, 1.82) is 0 Å². The van der Waals surface area contributed by atoms with Crippen LogP contribution in [-0.2, 0) is 0 Å². The highest BCUT2D eigenvalue weighted by Gasteiger charge is 2.11. The third-order valence-electron chi connectivity index (χ3n) is 2.92. The maximum Gasteiger partial charge on any atom is 0.0651 e. The molecule has 2 aromatic rings. The van der Waals surface area contributed by atoms with E-state index in [-0.39, 0.29) is 6.04 Å². The van der Waals surface area contributed by atoms with Crippen molar-refractivity contribution in [3.63, 3.8) is 0 Å². The zero-order valence-electron chi connectivity index (χ0n) is 10.2. The summed E-state index contributed by atoms with van der Waals surface area (Å²) in [4.78, 5) is 4.11. The van der Waals surface area contributed by atoms with Crippen molar-refractivity contribution in [1.82, 2.24) is 4.98 Å². The molecular weight excluding hydrogens is 246 g/mol. The third-order valence-corrected chi connectivity index (χ3v) is 3.33. The molecule has 3 N–H and O–H groups in total. The molecule has 3 nitrogen and oxygen atoms in total. The van der Waals surface area contributed by atoms with Gasteiger partial charge in [-0.1, -0.05) is 23.7 Å². The van der Waals surface area contributed by atoms with Crippen molar-refractivity contribution in [2.75, 3.05) is 11.9 Å². The molecule has 1 aromatic heterocycles. The SMILES string of the molecule is Cc1c(Cl)cccc1NC(CN)c1cccnc1. The highest BCUT2D eigenvalue weighted by Crippen LogP contribution is 2.26. The average Bonchev–Trinajstić information content (AvgIpc) is 2.41. The van der Waals surface area contributed by atoms with E-state index in [0.717, 1.165) is 21.8 Å². The van der Waals surface area contributed by atoms with E-state index < -0.39 is 0 Å². The standard InChI is InChI=1S/C14H16ClN3/c1-10-12(15)5-2-6-13(10)18-14(8-16)11-4-3-7-17-9-11/h2-7,9,14,18H,8,16H2,1H3. The fourth-order valence-electron chi connectivity index (χ4n) is 1.81. The van der Waals surface area contributed by atoms with E-state index in [0.29, 0.717) is 6.54 Å². The number of hydrogen-bond acceptors (Lipinski definition) is 3. The van der Waals surface area contributed by atoms with Crippen LogP contribution in [0.15, 0.2) is 42.7 Å². The van der Waals surface area contributed by atoms with Gasteiger partial charge in [-0.3, -0.25) is 4.98 Å². The van der Waals surface area contributed by atoms with E-state index >= 15 is 0 Å². The molecule has 0 saturated heterocycles. The Labute approximate surface area is 112 Å². The molecule has 0 aliphatic heterocycles. The van der Waals surface area contributed by atoms with Crippen LogP contribution in [0, 0.1) is 6.92 Å². The molecule has 0 amide bonds. The Kier molecular flexibility index (Phi) is 4.18. The number of hydrogen-bond donors (Lipinski definition) is 2. The van der Waals surface area contributed by atoms with Crippen LogP contribution in [0.1, 0.15) is 17.2 Å². The first-order valence-corrected chi connectivity index (χ1v) is 6.22. The van der Waals surface area contributed by atoms with Gasteiger partial charge in [-0.25, -0.2) is 0 Å². The van der Waals surface area contributed by atoms with Crippen LogP contribution in [0.25, 0.3) is 0 Å². The monoisotopic (exact) mass is 261 g/mol. The first-order valence-electron chi connectivity index (χ1n) is 5.84. The van der Waals surface area contributed by atoms with E-state index in [2.05, 4.69) is 10.3 Å². The average molecular weight is 262 g/mol. The second kappa shape index (κ2) is 5.85. The third kappa shape index (κ3) is 2.81. The van der Waals surface area contributed by atoms with Gasteiger partial charge in [0, 0.05) is 29.6 Å². The number of nitrogens with two attached hydrogens (primary N) is 1. The quantitative estimate of drug-likeness (QED) is 0.889. The highest BCUT2D eigenvalue weighted by atomic mass is 35.5. The molecular formula is C14H16ClN3. The van der Waals surface area contributed by atoms with Gasteiger partial charge in [-0.15, -0.1) is 0 Å². The lowest BCUT2D eigenvalue weighted by molar-refractivity contribution is 0.784. The van der Waals surface area contributed by atoms with Crippen molar-refractivity contribution in [3.05, 3.63) is 58.9 Å². The minimum absolute atomic E-state index is 0.0378. The molecule has 0 aliphatic rings. The lowest BCUT2D eigenvalue weighted by Gasteiger charge is -2.20. The van der Waals surface area contributed by atoms with Crippen LogP contribution in [0.2, 0.25) is 5.02 Å². The van der Waals surface area contributed by atoms with Crippen molar-refractivity contribution >= 4 is 17.3 Å². The van der Waals surface area contributed by atoms with Crippen molar-refractivity contribution in [2.24, 2.45) is 5.73 Å². The van der Waals surface area contributed by atoms with Crippen molar-refractivity contribution in [3.8, 4) is 0 Å². The number of halogens is 1. The summed E-state index contributed by atoms with van der Waals surface area (Å²) < 4.78 is 0. The lowest BCUT2D eigenvalue weighted by atomic mass is 10.1. The first-order chi connectivity index (χ1) is 8.72. The van der Waals surface area contributed by atoms with Crippen LogP contribution >= 0.6 is 11.6 Å². The Balaban J connectivity index is 2.24. The number of pyridine rings is 1. The zero-order valence-corrected chi connectivity index (χ0v) is 11.0. The summed E-state index contributed by atoms with van der Waals surface area (Å²) in [7, 11) is 0. The number of anilines is 1. The normalized spacial score (nSPS) is 12.2. The summed E-state index contributed by atoms with van der Waals surface area (Å²) in [5.41, 5.74) is 8.92. The molecule has 94 valence electrons. The predicted octanol–water partition coefficient (Wildman–Crippen LogP) is 3.16. The highest BCUT2D eigenvalue weighted by molar-refractivity contribution is 6.31. The number of nitrogens with zero attached hydrogens (tertiary/aromatic N) is 1. The van der Waals surface area contributed by atoms with E-state index in [1.807, 2.05) is 43.5 Å². The maximum atomic E-state index is 6.10. The molecule has 0 aliphatic carbocycles. The summed E-state index contributed by atoms with van der Waals surface area (Å²) in [5, 5.41) is 4.16. The van der Waals surface area contributed by atoms with Gasteiger partial charge in [0.25, 0.3) is 0 Å². The summed E-state index contributed by atoms with van der Waals surface area (Å²) in [6.45, 7) is 2.49. The molecule has 0 radical (unpaired) electrons. The number of benzene rings is 1. The molecule has 1 heterocycles. The van der Waals surface area contributed by atoms with Gasteiger partial charge in [0.05, 0.1) is 6.04 Å². The molecule has 0 fully saturated rings. The second-order valence-corrected chi connectivity index (χ2v) is 4.54. The first kappa shape index (κ1) is 12.9. The Morgan fingerprint density at radius 2 is 2.17 bits per heavy atom. The molecule has 18 heavy (non-hydrogen) atoms. The summed E-state index contributed by atoms with van der Waals surface area (Å²) in [6.07, 6.45) is 3.58. The summed E-state index contributed by atoms with van der Waals surface area (Å²) in [6, 6.07) is 9.76. The van der Waals surface area contributed by atoms with Gasteiger partial charge >= 0.3 is 0 Å². The van der Waals surface area contributed by atoms with E-state index in [1.54, 1.807) is 6.20 Å². The van der Waals surface area contributed by atoms with E-state index in [9.17, 15) is 0 Å². The lowest BCUT2D eigenvalue weighted by Crippen LogP contribution is -2.21. The van der Waals surface area contributed by atoms with Gasteiger partial charge in [-0.2, -0.15) is 0 Å². The van der Waals surface area contributed by atoms with Crippen LogP contribution in [-0.4, -0.2) is 11.5 Å². The Bertz CT molecular complexity index is 514. The molecule has 4 heteroatoms. The Hall–Kier alpha value is -1.58. The molecule has 1 unspecified atom stereocenters. The van der Waals surface area contributed by atoms with E-state index in [4.69, 9.17) is 17.3 Å². The van der Waals surface area contributed by atoms with Gasteiger partial charge in [0.2, 0.25) is 0 Å². The molecule has 0 saturated carbocycles. The molecule has 2 rings (SSSR count). The fraction of sp³-hybridized carbons (Fsp3) is 0.214. The topological polar surface area (TPSA) is 50.9 Å². The number of nitrogens with one attached hydrogen (secondary N) is 1. The summed E-state index contributed by atoms with van der Waals surface area (Å²) >= 11 is 6.10. The van der Waals surface area contributed by atoms with Crippen LogP contribution < -0.4 is 11.1 Å². The van der Waals surface area contributed by atoms with E-state index in [1.165, 1.54) is 0 Å². The molecule has 1 aromatic carbocycles. The zero-order chi connectivity index (χ0) is 13.0. The van der Waals surface area contributed by atoms with Gasteiger partial charge < -0.3 is 11.1 Å². The number of aromatic nitrogens is 1. The summed E-state index contributed by atoms with van der Waals surface area (Å²) in [5.74, 6) is 0. The fourth-order valence-corrected chi connectivity index (χ4v) is 1.99. The minimum atomic E-state index is 0.0378.